The van der Waals surface area contributed by atoms with Crippen molar-refractivity contribution in [2.75, 3.05) is 13.2 Å². The van der Waals surface area contributed by atoms with Crippen molar-refractivity contribution in [1.82, 2.24) is 14.6 Å². The third-order valence-corrected chi connectivity index (χ3v) is 4.27. The molecule has 1 aliphatic heterocycles. The highest BCUT2D eigenvalue weighted by atomic mass is 35.5. The van der Waals surface area contributed by atoms with E-state index in [2.05, 4.69) is 16.2 Å². The number of allylic oxidation sites excluding steroid dienone is 1. The number of halogens is 1. The third-order valence-electron chi connectivity index (χ3n) is 3.96. The van der Waals surface area contributed by atoms with Crippen LogP contribution in [0.25, 0.3) is 11.2 Å². The molecule has 2 aromatic heterocycles. The second-order valence-electron chi connectivity index (χ2n) is 5.14. The molecule has 0 saturated carbocycles. The van der Waals surface area contributed by atoms with E-state index < -0.39 is 5.79 Å². The Balaban J connectivity index is 1.69. The zero-order chi connectivity index (χ0) is 13.6. The van der Waals surface area contributed by atoms with E-state index in [1.54, 1.807) is 4.52 Å². The highest BCUT2D eigenvalue weighted by molar-refractivity contribution is 6.32. The molecule has 5 nitrogen and oxygen atoms in total. The minimum Gasteiger partial charge on any atom is -0.347 e. The van der Waals surface area contributed by atoms with Crippen LogP contribution in [0.3, 0.4) is 0 Å². The molecule has 0 aromatic carbocycles. The number of ether oxygens (including phenoxy) is 2. The van der Waals surface area contributed by atoms with E-state index in [-0.39, 0.29) is 0 Å². The highest BCUT2D eigenvalue weighted by Gasteiger charge is 2.37. The fourth-order valence-corrected chi connectivity index (χ4v) is 3.15. The molecule has 6 heteroatoms. The van der Waals surface area contributed by atoms with Gasteiger partial charge in [0.15, 0.2) is 11.4 Å². The van der Waals surface area contributed by atoms with E-state index in [1.807, 2.05) is 12.3 Å². The fourth-order valence-electron chi connectivity index (χ4n) is 2.88. The van der Waals surface area contributed by atoms with Crippen molar-refractivity contribution >= 4 is 22.8 Å². The largest absolute Gasteiger partial charge is 0.347 e. The van der Waals surface area contributed by atoms with Crippen molar-refractivity contribution in [3.05, 3.63) is 35.3 Å². The molecular formula is C14H14ClN3O2. The Kier molecular flexibility index (Phi) is 2.80. The average Bonchev–Trinajstić information content (AvgIpc) is 3.08. The smallest absolute Gasteiger partial charge is 0.172 e. The van der Waals surface area contributed by atoms with Gasteiger partial charge in [-0.1, -0.05) is 17.7 Å². The van der Waals surface area contributed by atoms with Gasteiger partial charge in [0.1, 0.15) is 6.33 Å². The van der Waals surface area contributed by atoms with E-state index in [0.717, 1.165) is 30.5 Å². The molecule has 0 bridgehead atoms. The van der Waals surface area contributed by atoms with Gasteiger partial charge in [-0.25, -0.2) is 9.50 Å². The average molecular weight is 292 g/mol. The Labute approximate surface area is 121 Å². The summed E-state index contributed by atoms with van der Waals surface area (Å²) in [7, 11) is 0. The van der Waals surface area contributed by atoms with Crippen LogP contribution in [-0.2, 0) is 9.47 Å². The number of hydrogen-bond donors (Lipinski definition) is 0. The summed E-state index contributed by atoms with van der Waals surface area (Å²) in [6.45, 7) is 1.38. The van der Waals surface area contributed by atoms with Gasteiger partial charge in [-0.05, 0) is 12.0 Å². The zero-order valence-corrected chi connectivity index (χ0v) is 11.6. The summed E-state index contributed by atoms with van der Waals surface area (Å²) in [4.78, 5) is 4.13. The predicted octanol–water partition coefficient (Wildman–Crippen LogP) is 2.69. The molecular weight excluding hydrogens is 278 g/mol. The minimum absolute atomic E-state index is 0.396. The van der Waals surface area contributed by atoms with Crippen LogP contribution in [0.4, 0.5) is 0 Å². The summed E-state index contributed by atoms with van der Waals surface area (Å²) in [5.41, 5.74) is 2.99. The number of rotatable bonds is 1. The molecule has 4 rings (SSSR count). The summed E-state index contributed by atoms with van der Waals surface area (Å²) < 4.78 is 13.2. The molecule has 1 saturated heterocycles. The van der Waals surface area contributed by atoms with Crippen LogP contribution in [0, 0.1) is 0 Å². The minimum atomic E-state index is -0.396. The number of fused-ring (bicyclic) bond motifs is 1. The van der Waals surface area contributed by atoms with Gasteiger partial charge in [0.2, 0.25) is 0 Å². The van der Waals surface area contributed by atoms with Gasteiger partial charge in [-0.3, -0.25) is 0 Å². The van der Waals surface area contributed by atoms with Crippen LogP contribution in [0.15, 0.2) is 24.7 Å². The van der Waals surface area contributed by atoms with Gasteiger partial charge in [-0.15, -0.1) is 0 Å². The fraction of sp³-hybridized carbons (Fsp3) is 0.429. The van der Waals surface area contributed by atoms with Crippen LogP contribution in [-0.4, -0.2) is 33.6 Å². The maximum atomic E-state index is 6.36. The van der Waals surface area contributed by atoms with Gasteiger partial charge in [0.25, 0.3) is 0 Å². The number of hydrogen-bond acceptors (Lipinski definition) is 4. The van der Waals surface area contributed by atoms with E-state index in [0.29, 0.717) is 18.2 Å². The molecule has 2 aromatic rings. The van der Waals surface area contributed by atoms with Crippen LogP contribution in [0.1, 0.15) is 24.8 Å². The van der Waals surface area contributed by atoms with Crippen molar-refractivity contribution in [2.24, 2.45) is 0 Å². The highest BCUT2D eigenvalue weighted by Crippen LogP contribution is 2.39. The first-order valence-corrected chi connectivity index (χ1v) is 7.10. The van der Waals surface area contributed by atoms with Crippen molar-refractivity contribution in [2.45, 2.75) is 25.0 Å². The van der Waals surface area contributed by atoms with Crippen LogP contribution < -0.4 is 0 Å². The normalized spacial score (nSPS) is 21.6. The lowest BCUT2D eigenvalue weighted by Crippen LogP contribution is -2.31. The second kappa shape index (κ2) is 4.55. The van der Waals surface area contributed by atoms with Crippen LogP contribution in [0.5, 0.6) is 0 Å². The molecule has 3 heterocycles. The molecule has 0 atom stereocenters. The molecule has 0 N–H and O–H groups in total. The first kappa shape index (κ1) is 12.3. The molecule has 0 amide bonds. The molecule has 0 radical (unpaired) electrons. The lowest BCUT2D eigenvalue weighted by atomic mass is 9.90. The molecule has 20 heavy (non-hydrogen) atoms. The van der Waals surface area contributed by atoms with E-state index in [1.165, 1.54) is 11.9 Å². The molecule has 1 aliphatic carbocycles. The molecule has 1 spiro atoms. The van der Waals surface area contributed by atoms with E-state index >= 15 is 0 Å². The zero-order valence-electron chi connectivity index (χ0n) is 10.9. The first-order chi connectivity index (χ1) is 9.76. The maximum absolute atomic E-state index is 6.36. The van der Waals surface area contributed by atoms with Crippen LogP contribution >= 0.6 is 11.6 Å². The molecule has 1 fully saturated rings. The molecule has 2 aliphatic rings. The van der Waals surface area contributed by atoms with Crippen molar-refractivity contribution in [3.8, 4) is 0 Å². The Bertz CT molecular complexity index is 689. The second-order valence-corrected chi connectivity index (χ2v) is 5.55. The molecule has 0 unspecified atom stereocenters. The third kappa shape index (κ3) is 1.93. The standard InChI is InChI=1S/C14H14ClN3O2/c15-12-7-13-16-9-17-18(13)8-11(12)10-1-3-14(4-2-10)19-5-6-20-14/h1,7-9H,2-6H2. The summed E-state index contributed by atoms with van der Waals surface area (Å²) in [6, 6.07) is 1.84. The van der Waals surface area contributed by atoms with Gasteiger partial charge in [-0.2, -0.15) is 5.10 Å². The molecule has 104 valence electrons. The maximum Gasteiger partial charge on any atom is 0.172 e. The Morgan fingerprint density at radius 2 is 2.15 bits per heavy atom. The quantitative estimate of drug-likeness (QED) is 0.810. The summed E-state index contributed by atoms with van der Waals surface area (Å²) in [6.07, 6.45) is 8.15. The number of pyridine rings is 1. The lowest BCUT2D eigenvalue weighted by molar-refractivity contribution is -0.159. The van der Waals surface area contributed by atoms with Crippen molar-refractivity contribution in [1.29, 1.82) is 0 Å². The number of nitrogens with zero attached hydrogens (tertiary/aromatic N) is 3. The van der Waals surface area contributed by atoms with Crippen molar-refractivity contribution < 1.29 is 9.47 Å². The Morgan fingerprint density at radius 1 is 1.30 bits per heavy atom. The van der Waals surface area contributed by atoms with E-state index in [9.17, 15) is 0 Å². The van der Waals surface area contributed by atoms with Gasteiger partial charge >= 0.3 is 0 Å². The van der Waals surface area contributed by atoms with Crippen LogP contribution in [0.2, 0.25) is 5.02 Å². The number of aromatic nitrogens is 3. The first-order valence-electron chi connectivity index (χ1n) is 6.72. The lowest BCUT2D eigenvalue weighted by Gasteiger charge is -2.30. The summed E-state index contributed by atoms with van der Waals surface area (Å²) in [5, 5.41) is 4.87. The van der Waals surface area contributed by atoms with E-state index in [4.69, 9.17) is 21.1 Å². The Morgan fingerprint density at radius 3 is 2.90 bits per heavy atom. The topological polar surface area (TPSA) is 48.7 Å². The van der Waals surface area contributed by atoms with Gasteiger partial charge < -0.3 is 9.47 Å². The van der Waals surface area contributed by atoms with Crippen molar-refractivity contribution in [3.63, 3.8) is 0 Å². The van der Waals surface area contributed by atoms with Gasteiger partial charge in [0.05, 0.1) is 18.2 Å². The SMILES string of the molecule is Clc1cc2ncnn2cc1C1=CCC2(CC1)OCCO2. The summed E-state index contributed by atoms with van der Waals surface area (Å²) in [5.74, 6) is -0.396. The van der Waals surface area contributed by atoms with Gasteiger partial charge in [0, 0.05) is 30.7 Å². The monoisotopic (exact) mass is 291 g/mol. The predicted molar refractivity (Wildman–Crippen MR) is 74.5 cm³/mol. The Hall–Kier alpha value is -1.43. The summed E-state index contributed by atoms with van der Waals surface area (Å²) >= 11 is 6.36.